The predicted octanol–water partition coefficient (Wildman–Crippen LogP) is 1.33. The fraction of sp³-hybridized carbons (Fsp3) is 0.917. The van der Waals surface area contributed by atoms with E-state index in [2.05, 4.69) is 19.2 Å². The first-order chi connectivity index (χ1) is 7.25. The molecule has 0 bridgehead atoms. The number of carbonyl (C=O) groups excluding carboxylic acids is 1. The van der Waals surface area contributed by atoms with Gasteiger partial charge in [0.15, 0.2) is 0 Å². The van der Waals surface area contributed by atoms with E-state index < -0.39 is 5.60 Å². The van der Waals surface area contributed by atoms with Crippen LogP contribution in [0.2, 0.25) is 0 Å². The SMILES string of the molecule is COC(C)(C)C(=O)NCC(C)(C)CCCO. The molecule has 16 heavy (non-hydrogen) atoms. The van der Waals surface area contributed by atoms with Crippen molar-refractivity contribution in [2.75, 3.05) is 20.3 Å². The van der Waals surface area contributed by atoms with Crippen LogP contribution in [0.1, 0.15) is 40.5 Å². The van der Waals surface area contributed by atoms with Gasteiger partial charge >= 0.3 is 0 Å². The van der Waals surface area contributed by atoms with E-state index in [1.165, 1.54) is 7.11 Å². The van der Waals surface area contributed by atoms with Gasteiger partial charge in [-0.25, -0.2) is 0 Å². The smallest absolute Gasteiger partial charge is 0.251 e. The van der Waals surface area contributed by atoms with E-state index in [4.69, 9.17) is 9.84 Å². The molecule has 0 fully saturated rings. The highest BCUT2D eigenvalue weighted by Crippen LogP contribution is 2.21. The molecule has 0 aliphatic carbocycles. The largest absolute Gasteiger partial charge is 0.396 e. The van der Waals surface area contributed by atoms with E-state index in [0.29, 0.717) is 6.54 Å². The average molecular weight is 231 g/mol. The van der Waals surface area contributed by atoms with Crippen LogP contribution in [0.4, 0.5) is 0 Å². The molecule has 0 heterocycles. The summed E-state index contributed by atoms with van der Waals surface area (Å²) in [7, 11) is 1.52. The molecule has 0 saturated carbocycles. The fourth-order valence-corrected chi connectivity index (χ4v) is 1.27. The summed E-state index contributed by atoms with van der Waals surface area (Å²) in [6.45, 7) is 8.41. The number of hydrogen-bond donors (Lipinski definition) is 2. The van der Waals surface area contributed by atoms with E-state index >= 15 is 0 Å². The average Bonchev–Trinajstić information content (AvgIpc) is 2.23. The van der Waals surface area contributed by atoms with Crippen molar-refractivity contribution in [1.29, 1.82) is 0 Å². The Morgan fingerprint density at radius 1 is 1.31 bits per heavy atom. The minimum atomic E-state index is -0.785. The fourth-order valence-electron chi connectivity index (χ4n) is 1.27. The number of aliphatic hydroxyl groups excluding tert-OH is 1. The second kappa shape index (κ2) is 6.21. The second-order valence-electron chi connectivity index (χ2n) is 5.39. The lowest BCUT2D eigenvalue weighted by Gasteiger charge is -2.28. The molecule has 4 nitrogen and oxygen atoms in total. The number of methoxy groups -OCH3 is 1. The van der Waals surface area contributed by atoms with E-state index in [-0.39, 0.29) is 17.9 Å². The quantitative estimate of drug-likeness (QED) is 0.695. The van der Waals surface area contributed by atoms with E-state index in [0.717, 1.165) is 12.8 Å². The minimum Gasteiger partial charge on any atom is -0.396 e. The Kier molecular flexibility index (Phi) is 5.97. The molecule has 0 unspecified atom stereocenters. The highest BCUT2D eigenvalue weighted by Gasteiger charge is 2.28. The van der Waals surface area contributed by atoms with Crippen molar-refractivity contribution >= 4 is 5.91 Å². The number of aliphatic hydroxyl groups is 1. The Hall–Kier alpha value is -0.610. The van der Waals surface area contributed by atoms with Gasteiger partial charge in [0.1, 0.15) is 5.60 Å². The maximum Gasteiger partial charge on any atom is 0.251 e. The maximum absolute atomic E-state index is 11.7. The Morgan fingerprint density at radius 2 is 1.88 bits per heavy atom. The third-order valence-electron chi connectivity index (χ3n) is 2.80. The molecule has 0 spiro atoms. The summed E-state index contributed by atoms with van der Waals surface area (Å²) >= 11 is 0. The first-order valence-electron chi connectivity index (χ1n) is 5.69. The van der Waals surface area contributed by atoms with Gasteiger partial charge in [0.25, 0.3) is 5.91 Å². The van der Waals surface area contributed by atoms with Gasteiger partial charge in [-0.2, -0.15) is 0 Å². The van der Waals surface area contributed by atoms with Gasteiger partial charge in [-0.3, -0.25) is 4.79 Å². The topological polar surface area (TPSA) is 58.6 Å². The van der Waals surface area contributed by atoms with E-state index in [1.54, 1.807) is 13.8 Å². The first-order valence-corrected chi connectivity index (χ1v) is 5.69. The van der Waals surface area contributed by atoms with Crippen LogP contribution in [-0.4, -0.2) is 36.9 Å². The van der Waals surface area contributed by atoms with Gasteiger partial charge in [0, 0.05) is 20.3 Å². The monoisotopic (exact) mass is 231 g/mol. The molecular formula is C12H25NO3. The Labute approximate surface area is 98.4 Å². The van der Waals surface area contributed by atoms with Crippen molar-refractivity contribution in [3.63, 3.8) is 0 Å². The summed E-state index contributed by atoms with van der Waals surface area (Å²) in [6.07, 6.45) is 1.65. The molecule has 2 N–H and O–H groups in total. The number of carbonyl (C=O) groups is 1. The summed E-state index contributed by atoms with van der Waals surface area (Å²) in [5, 5.41) is 11.6. The summed E-state index contributed by atoms with van der Waals surface area (Å²) < 4.78 is 5.09. The molecule has 0 aliphatic heterocycles. The molecule has 0 aromatic carbocycles. The third kappa shape index (κ3) is 5.47. The summed E-state index contributed by atoms with van der Waals surface area (Å²) in [5.41, 5.74) is -0.782. The molecule has 0 rings (SSSR count). The van der Waals surface area contributed by atoms with Gasteiger partial charge in [-0.1, -0.05) is 13.8 Å². The number of ether oxygens (including phenoxy) is 1. The summed E-state index contributed by atoms with van der Waals surface area (Å²) in [6, 6.07) is 0. The molecule has 1 amide bonds. The van der Waals surface area contributed by atoms with Gasteiger partial charge < -0.3 is 15.2 Å². The molecule has 96 valence electrons. The number of rotatable bonds is 7. The molecule has 0 radical (unpaired) electrons. The van der Waals surface area contributed by atoms with Crippen molar-refractivity contribution in [2.24, 2.45) is 5.41 Å². The molecule has 0 saturated heterocycles. The maximum atomic E-state index is 11.7. The zero-order chi connectivity index (χ0) is 12.8. The summed E-state index contributed by atoms with van der Waals surface area (Å²) in [5.74, 6) is -0.105. The van der Waals surface area contributed by atoms with Crippen molar-refractivity contribution in [1.82, 2.24) is 5.32 Å². The second-order valence-corrected chi connectivity index (χ2v) is 5.39. The van der Waals surface area contributed by atoms with Crippen LogP contribution in [0.5, 0.6) is 0 Å². The van der Waals surface area contributed by atoms with Crippen LogP contribution < -0.4 is 5.32 Å². The molecule has 0 aromatic rings. The van der Waals surface area contributed by atoms with Crippen LogP contribution >= 0.6 is 0 Å². The van der Waals surface area contributed by atoms with E-state index in [9.17, 15) is 4.79 Å². The van der Waals surface area contributed by atoms with Gasteiger partial charge in [-0.05, 0) is 32.1 Å². The van der Waals surface area contributed by atoms with Crippen molar-refractivity contribution < 1.29 is 14.6 Å². The highest BCUT2D eigenvalue weighted by molar-refractivity contribution is 5.84. The number of hydrogen-bond acceptors (Lipinski definition) is 3. The van der Waals surface area contributed by atoms with Crippen molar-refractivity contribution in [2.45, 2.75) is 46.1 Å². The molecule has 4 heteroatoms. The minimum absolute atomic E-state index is 0.00219. The van der Waals surface area contributed by atoms with Crippen LogP contribution in [0.15, 0.2) is 0 Å². The standard InChI is InChI=1S/C12H25NO3/c1-11(2,7-6-8-14)9-13-10(15)12(3,4)16-5/h14H,6-9H2,1-5H3,(H,13,15). The van der Waals surface area contributed by atoms with Gasteiger partial charge in [-0.15, -0.1) is 0 Å². The number of amides is 1. The van der Waals surface area contributed by atoms with Crippen LogP contribution in [0.25, 0.3) is 0 Å². The zero-order valence-electron chi connectivity index (χ0n) is 11.1. The Morgan fingerprint density at radius 3 is 2.31 bits per heavy atom. The lowest BCUT2D eigenvalue weighted by Crippen LogP contribution is -2.46. The first kappa shape index (κ1) is 15.4. The summed E-state index contributed by atoms with van der Waals surface area (Å²) in [4.78, 5) is 11.7. The third-order valence-corrected chi connectivity index (χ3v) is 2.80. The molecule has 0 atom stereocenters. The normalized spacial score (nSPS) is 12.6. The Balaban J connectivity index is 4.09. The lowest BCUT2D eigenvalue weighted by molar-refractivity contribution is -0.140. The van der Waals surface area contributed by atoms with Gasteiger partial charge in [0.2, 0.25) is 0 Å². The predicted molar refractivity (Wildman–Crippen MR) is 64.2 cm³/mol. The molecule has 0 aromatic heterocycles. The molecular weight excluding hydrogens is 206 g/mol. The van der Waals surface area contributed by atoms with Crippen molar-refractivity contribution in [3.8, 4) is 0 Å². The molecule has 0 aliphatic rings. The highest BCUT2D eigenvalue weighted by atomic mass is 16.5. The number of nitrogens with one attached hydrogen (secondary N) is 1. The van der Waals surface area contributed by atoms with Crippen LogP contribution in [0.3, 0.4) is 0 Å². The van der Waals surface area contributed by atoms with Gasteiger partial charge in [0.05, 0.1) is 0 Å². The lowest BCUT2D eigenvalue weighted by atomic mass is 9.87. The van der Waals surface area contributed by atoms with E-state index in [1.807, 2.05) is 0 Å². The van der Waals surface area contributed by atoms with Crippen LogP contribution in [-0.2, 0) is 9.53 Å². The van der Waals surface area contributed by atoms with Crippen LogP contribution in [0, 0.1) is 5.41 Å². The zero-order valence-corrected chi connectivity index (χ0v) is 11.1. The Bertz CT molecular complexity index is 224. The van der Waals surface area contributed by atoms with Crippen molar-refractivity contribution in [3.05, 3.63) is 0 Å².